The second-order valence-electron chi connectivity index (χ2n) is 7.53. The zero-order valence-corrected chi connectivity index (χ0v) is 15.9. The molecule has 27 heavy (non-hydrogen) atoms. The summed E-state index contributed by atoms with van der Waals surface area (Å²) in [6, 6.07) is 6.15. The summed E-state index contributed by atoms with van der Waals surface area (Å²) in [5.74, 6) is 1.40. The molecule has 1 saturated carbocycles. The molecule has 2 aliphatic rings. The third-order valence-electron chi connectivity index (χ3n) is 5.41. The zero-order chi connectivity index (χ0) is 18.6. The molecule has 0 unspecified atom stereocenters. The predicted octanol–water partition coefficient (Wildman–Crippen LogP) is 2.26. The molecule has 0 atom stereocenters. The van der Waals surface area contributed by atoms with Gasteiger partial charge < -0.3 is 10.6 Å². The van der Waals surface area contributed by atoms with E-state index in [0.29, 0.717) is 5.56 Å². The van der Waals surface area contributed by atoms with Gasteiger partial charge in [0.15, 0.2) is 0 Å². The molecule has 0 radical (unpaired) electrons. The van der Waals surface area contributed by atoms with Crippen LogP contribution in [0, 0.1) is 5.92 Å². The Morgan fingerprint density at radius 1 is 1.30 bits per heavy atom. The number of aromatic nitrogens is 2. The van der Waals surface area contributed by atoms with E-state index in [4.69, 9.17) is 4.98 Å². The SMILES string of the molecule is CNC(=O)c1cc2c(nc1NCC1CC1)CCN(Cc1cccnc1)CC2. The summed E-state index contributed by atoms with van der Waals surface area (Å²) in [7, 11) is 1.67. The first-order chi connectivity index (χ1) is 13.2. The molecule has 0 bridgehead atoms. The van der Waals surface area contributed by atoms with Crippen molar-refractivity contribution in [1.29, 1.82) is 0 Å². The molecule has 4 rings (SSSR count). The Kier molecular flexibility index (Phi) is 5.34. The number of nitrogens with one attached hydrogen (secondary N) is 2. The smallest absolute Gasteiger partial charge is 0.254 e. The third kappa shape index (κ3) is 4.45. The van der Waals surface area contributed by atoms with E-state index in [9.17, 15) is 4.79 Å². The maximum Gasteiger partial charge on any atom is 0.254 e. The standard InChI is InChI=1S/C21H27N5O/c1-22-21(27)18-11-17-6-9-26(14-16-3-2-8-23-12-16)10-7-19(17)25-20(18)24-13-15-4-5-15/h2-3,8,11-12,15H,4-7,9-10,13-14H2,1H3,(H,22,27)(H,24,25). The van der Waals surface area contributed by atoms with Gasteiger partial charge >= 0.3 is 0 Å². The minimum absolute atomic E-state index is 0.0694. The van der Waals surface area contributed by atoms with Crippen LogP contribution in [-0.2, 0) is 19.4 Å². The molecule has 1 aliphatic heterocycles. The summed E-state index contributed by atoms with van der Waals surface area (Å²) in [5.41, 5.74) is 4.21. The van der Waals surface area contributed by atoms with Gasteiger partial charge in [-0.1, -0.05) is 6.07 Å². The number of carbonyl (C=O) groups excluding carboxylic acids is 1. The lowest BCUT2D eigenvalue weighted by Crippen LogP contribution is -2.26. The second-order valence-corrected chi connectivity index (χ2v) is 7.53. The van der Waals surface area contributed by atoms with Gasteiger partial charge in [0.2, 0.25) is 0 Å². The first-order valence-corrected chi connectivity index (χ1v) is 9.83. The second kappa shape index (κ2) is 8.05. The first-order valence-electron chi connectivity index (χ1n) is 9.83. The van der Waals surface area contributed by atoms with Crippen LogP contribution in [0.4, 0.5) is 5.82 Å². The molecule has 142 valence electrons. The summed E-state index contributed by atoms with van der Waals surface area (Å²) in [5, 5.41) is 6.17. The van der Waals surface area contributed by atoms with Crippen molar-refractivity contribution >= 4 is 11.7 Å². The van der Waals surface area contributed by atoms with Gasteiger partial charge in [-0.2, -0.15) is 0 Å². The number of carbonyl (C=O) groups is 1. The van der Waals surface area contributed by atoms with Gasteiger partial charge in [0.05, 0.1) is 5.56 Å². The summed E-state index contributed by atoms with van der Waals surface area (Å²) in [6.07, 6.45) is 8.10. The van der Waals surface area contributed by atoms with Gasteiger partial charge in [0.25, 0.3) is 5.91 Å². The Balaban J connectivity index is 1.51. The Bertz CT molecular complexity index is 804. The highest BCUT2D eigenvalue weighted by Crippen LogP contribution is 2.30. The van der Waals surface area contributed by atoms with Gasteiger partial charge in [0.1, 0.15) is 5.82 Å². The highest BCUT2D eigenvalue weighted by molar-refractivity contribution is 5.98. The molecular weight excluding hydrogens is 338 g/mol. The van der Waals surface area contributed by atoms with Crippen molar-refractivity contribution in [3.63, 3.8) is 0 Å². The third-order valence-corrected chi connectivity index (χ3v) is 5.41. The number of anilines is 1. The van der Waals surface area contributed by atoms with Crippen molar-refractivity contribution in [2.75, 3.05) is 32.0 Å². The molecule has 0 spiro atoms. The largest absolute Gasteiger partial charge is 0.369 e. The van der Waals surface area contributed by atoms with E-state index in [-0.39, 0.29) is 5.91 Å². The summed E-state index contributed by atoms with van der Waals surface area (Å²) < 4.78 is 0. The molecular formula is C21H27N5O. The molecule has 2 aromatic heterocycles. The number of hydrogen-bond donors (Lipinski definition) is 2. The quantitative estimate of drug-likeness (QED) is 0.822. The highest BCUT2D eigenvalue weighted by Gasteiger charge is 2.24. The van der Waals surface area contributed by atoms with Crippen molar-refractivity contribution in [1.82, 2.24) is 20.2 Å². The fourth-order valence-electron chi connectivity index (χ4n) is 3.59. The van der Waals surface area contributed by atoms with Crippen molar-refractivity contribution < 1.29 is 4.79 Å². The maximum absolute atomic E-state index is 12.4. The number of nitrogens with zero attached hydrogens (tertiary/aromatic N) is 3. The zero-order valence-electron chi connectivity index (χ0n) is 15.9. The molecule has 6 heteroatoms. The summed E-state index contributed by atoms with van der Waals surface area (Å²) >= 11 is 0. The van der Waals surface area contributed by atoms with Gasteiger partial charge in [0, 0.05) is 57.7 Å². The van der Waals surface area contributed by atoms with Crippen molar-refractivity contribution in [3.05, 3.63) is 53.0 Å². The van der Waals surface area contributed by atoms with Crippen LogP contribution in [0.1, 0.15) is 40.0 Å². The lowest BCUT2D eigenvalue weighted by atomic mass is 10.1. The fraction of sp³-hybridized carbons (Fsp3) is 0.476. The van der Waals surface area contributed by atoms with E-state index in [1.165, 1.54) is 24.0 Å². The van der Waals surface area contributed by atoms with E-state index >= 15 is 0 Å². The average molecular weight is 365 g/mol. The van der Waals surface area contributed by atoms with Crippen molar-refractivity contribution in [3.8, 4) is 0 Å². The number of rotatable bonds is 6. The van der Waals surface area contributed by atoms with Gasteiger partial charge in [-0.05, 0) is 48.4 Å². The molecule has 2 aromatic rings. The van der Waals surface area contributed by atoms with Gasteiger partial charge in [-0.25, -0.2) is 4.98 Å². The van der Waals surface area contributed by atoms with E-state index in [1.807, 2.05) is 24.5 Å². The fourth-order valence-corrected chi connectivity index (χ4v) is 3.59. The van der Waals surface area contributed by atoms with Crippen LogP contribution in [0.25, 0.3) is 0 Å². The molecule has 6 nitrogen and oxygen atoms in total. The minimum atomic E-state index is -0.0694. The number of amides is 1. The van der Waals surface area contributed by atoms with Gasteiger partial charge in [-0.3, -0.25) is 14.7 Å². The molecule has 1 amide bonds. The number of hydrogen-bond acceptors (Lipinski definition) is 5. The Morgan fingerprint density at radius 3 is 2.89 bits per heavy atom. The lowest BCUT2D eigenvalue weighted by Gasteiger charge is -2.19. The lowest BCUT2D eigenvalue weighted by molar-refractivity contribution is 0.0963. The van der Waals surface area contributed by atoms with E-state index in [0.717, 1.165) is 56.5 Å². The molecule has 1 fully saturated rings. The van der Waals surface area contributed by atoms with E-state index < -0.39 is 0 Å². The molecule has 1 aliphatic carbocycles. The van der Waals surface area contributed by atoms with Crippen LogP contribution in [0.2, 0.25) is 0 Å². The highest BCUT2D eigenvalue weighted by atomic mass is 16.1. The average Bonchev–Trinajstić information content (AvgIpc) is 3.54. The molecule has 2 N–H and O–H groups in total. The Morgan fingerprint density at radius 2 is 2.15 bits per heavy atom. The van der Waals surface area contributed by atoms with Crippen LogP contribution in [-0.4, -0.2) is 47.5 Å². The Hall–Kier alpha value is -2.47. The van der Waals surface area contributed by atoms with Crippen LogP contribution in [0.15, 0.2) is 30.6 Å². The van der Waals surface area contributed by atoms with Crippen LogP contribution < -0.4 is 10.6 Å². The van der Waals surface area contributed by atoms with Crippen LogP contribution in [0.3, 0.4) is 0 Å². The number of fused-ring (bicyclic) bond motifs is 1. The van der Waals surface area contributed by atoms with Gasteiger partial charge in [-0.15, -0.1) is 0 Å². The summed E-state index contributed by atoms with van der Waals surface area (Å²) in [6.45, 7) is 3.74. The topological polar surface area (TPSA) is 70.2 Å². The van der Waals surface area contributed by atoms with Crippen molar-refractivity contribution in [2.24, 2.45) is 5.92 Å². The summed E-state index contributed by atoms with van der Waals surface area (Å²) in [4.78, 5) is 23.9. The normalized spacial score (nSPS) is 17.1. The Labute approximate surface area is 160 Å². The predicted molar refractivity (Wildman–Crippen MR) is 106 cm³/mol. The maximum atomic E-state index is 12.4. The minimum Gasteiger partial charge on any atom is -0.369 e. The molecule has 0 aromatic carbocycles. The molecule has 3 heterocycles. The van der Waals surface area contributed by atoms with E-state index in [2.05, 4.69) is 26.6 Å². The first kappa shape index (κ1) is 17.9. The molecule has 0 saturated heterocycles. The number of pyridine rings is 2. The van der Waals surface area contributed by atoms with Crippen molar-refractivity contribution in [2.45, 2.75) is 32.2 Å². The monoisotopic (exact) mass is 365 g/mol. The van der Waals surface area contributed by atoms with Crippen LogP contribution >= 0.6 is 0 Å². The van der Waals surface area contributed by atoms with Crippen LogP contribution in [0.5, 0.6) is 0 Å². The van der Waals surface area contributed by atoms with E-state index in [1.54, 1.807) is 7.05 Å².